The van der Waals surface area contributed by atoms with Crippen molar-refractivity contribution in [3.63, 3.8) is 0 Å². The number of nitrogens with zero attached hydrogens (tertiary/aromatic N) is 2. The van der Waals surface area contributed by atoms with Crippen LogP contribution in [0, 0.1) is 0 Å². The summed E-state index contributed by atoms with van der Waals surface area (Å²) in [6.07, 6.45) is 0.981. The number of rotatable bonds is 8. The average Bonchev–Trinajstić information content (AvgIpc) is 2.58. The van der Waals surface area contributed by atoms with Crippen molar-refractivity contribution >= 4 is 11.8 Å². The molecule has 0 aliphatic carbocycles. The van der Waals surface area contributed by atoms with Crippen molar-refractivity contribution in [2.75, 3.05) is 32.8 Å². The highest BCUT2D eigenvalue weighted by Gasteiger charge is 2.32. The minimum absolute atomic E-state index is 0.0592. The number of aliphatic hydroxyl groups excluding tert-OH is 1. The van der Waals surface area contributed by atoms with Gasteiger partial charge in [0.1, 0.15) is 0 Å². The van der Waals surface area contributed by atoms with Gasteiger partial charge in [0.15, 0.2) is 0 Å². The van der Waals surface area contributed by atoms with Gasteiger partial charge in [0.2, 0.25) is 11.8 Å². The number of amides is 2. The van der Waals surface area contributed by atoms with Crippen LogP contribution < -0.4 is 5.32 Å². The van der Waals surface area contributed by atoms with E-state index in [-0.39, 0.29) is 24.8 Å². The lowest BCUT2D eigenvalue weighted by atomic mass is 10.1. The highest BCUT2D eigenvalue weighted by Crippen LogP contribution is 2.15. The maximum atomic E-state index is 12.5. The van der Waals surface area contributed by atoms with Crippen LogP contribution in [0.3, 0.4) is 0 Å². The van der Waals surface area contributed by atoms with Crippen LogP contribution in [0.5, 0.6) is 0 Å². The Labute approximate surface area is 143 Å². The van der Waals surface area contributed by atoms with Crippen molar-refractivity contribution in [1.29, 1.82) is 0 Å². The van der Waals surface area contributed by atoms with Crippen LogP contribution in [0.2, 0.25) is 0 Å². The first-order valence-electron chi connectivity index (χ1n) is 8.60. The Balaban J connectivity index is 2.05. The number of hydrogen-bond acceptors (Lipinski definition) is 4. The fraction of sp³-hybridized carbons (Fsp3) is 0.556. The van der Waals surface area contributed by atoms with E-state index in [1.807, 2.05) is 37.3 Å². The van der Waals surface area contributed by atoms with Gasteiger partial charge in [-0.05, 0) is 12.0 Å². The predicted molar refractivity (Wildman–Crippen MR) is 92.2 cm³/mol. The molecule has 1 saturated heterocycles. The minimum Gasteiger partial charge on any atom is -0.395 e. The van der Waals surface area contributed by atoms with Crippen molar-refractivity contribution < 1.29 is 14.7 Å². The molecule has 1 unspecified atom stereocenters. The molecule has 0 radical (unpaired) electrons. The van der Waals surface area contributed by atoms with Crippen molar-refractivity contribution in [2.45, 2.75) is 32.4 Å². The van der Waals surface area contributed by atoms with Crippen LogP contribution >= 0.6 is 0 Å². The molecule has 1 aromatic carbocycles. The lowest BCUT2D eigenvalue weighted by Gasteiger charge is -2.35. The second-order valence-electron chi connectivity index (χ2n) is 6.07. The molecule has 2 N–H and O–H groups in total. The Bertz CT molecular complexity index is 530. The standard InChI is InChI=1S/C18H27N3O3/c1-2-9-20(11-12-22)17(23)13-16-18(24)19-8-10-21(16)14-15-6-4-3-5-7-15/h3-7,16,22H,2,8-14H2,1H3,(H,19,24). The maximum Gasteiger partial charge on any atom is 0.237 e. The molecule has 0 spiro atoms. The summed E-state index contributed by atoms with van der Waals surface area (Å²) in [6, 6.07) is 9.52. The summed E-state index contributed by atoms with van der Waals surface area (Å²) in [7, 11) is 0. The monoisotopic (exact) mass is 333 g/mol. The van der Waals surface area contributed by atoms with E-state index in [9.17, 15) is 9.59 Å². The third kappa shape index (κ3) is 5.04. The first-order chi connectivity index (χ1) is 11.7. The summed E-state index contributed by atoms with van der Waals surface area (Å²) in [6.45, 7) is 4.84. The number of carbonyl (C=O) groups is 2. The van der Waals surface area contributed by atoms with E-state index >= 15 is 0 Å². The fourth-order valence-electron chi connectivity index (χ4n) is 3.04. The van der Waals surface area contributed by atoms with Crippen LogP contribution in [0.25, 0.3) is 0 Å². The molecule has 6 heteroatoms. The Hall–Kier alpha value is -1.92. The summed E-state index contributed by atoms with van der Waals surface area (Å²) in [5.74, 6) is -0.169. The summed E-state index contributed by atoms with van der Waals surface area (Å²) >= 11 is 0. The van der Waals surface area contributed by atoms with Crippen LogP contribution in [0.4, 0.5) is 0 Å². The molecule has 1 fully saturated rings. The molecule has 1 aromatic rings. The zero-order chi connectivity index (χ0) is 17.4. The normalized spacial score (nSPS) is 18.2. The molecular formula is C18H27N3O3. The maximum absolute atomic E-state index is 12.5. The number of nitrogens with one attached hydrogen (secondary N) is 1. The third-order valence-corrected chi connectivity index (χ3v) is 4.25. The lowest BCUT2D eigenvalue weighted by molar-refractivity contribution is -0.139. The van der Waals surface area contributed by atoms with Gasteiger partial charge in [-0.25, -0.2) is 0 Å². The Morgan fingerprint density at radius 2 is 2.08 bits per heavy atom. The smallest absolute Gasteiger partial charge is 0.237 e. The minimum atomic E-state index is -0.454. The van der Waals surface area contributed by atoms with E-state index in [1.165, 1.54) is 0 Å². The molecule has 1 aliphatic rings. The highest BCUT2D eigenvalue weighted by atomic mass is 16.3. The molecule has 24 heavy (non-hydrogen) atoms. The predicted octanol–water partition coefficient (Wildman–Crippen LogP) is 0.608. The van der Waals surface area contributed by atoms with Gasteiger partial charge >= 0.3 is 0 Å². The molecule has 2 amide bonds. The van der Waals surface area contributed by atoms with Crippen molar-refractivity contribution in [1.82, 2.24) is 15.1 Å². The number of hydrogen-bond donors (Lipinski definition) is 2. The summed E-state index contributed by atoms with van der Waals surface area (Å²) < 4.78 is 0. The molecule has 0 saturated carbocycles. The highest BCUT2D eigenvalue weighted by molar-refractivity contribution is 5.88. The van der Waals surface area contributed by atoms with E-state index < -0.39 is 6.04 Å². The van der Waals surface area contributed by atoms with Gasteiger partial charge < -0.3 is 15.3 Å². The SMILES string of the molecule is CCCN(CCO)C(=O)CC1C(=O)NCCN1Cc1ccccc1. The summed E-state index contributed by atoms with van der Waals surface area (Å²) in [5.41, 5.74) is 1.13. The van der Waals surface area contributed by atoms with Crippen LogP contribution in [0.15, 0.2) is 30.3 Å². The van der Waals surface area contributed by atoms with Crippen LogP contribution in [-0.2, 0) is 16.1 Å². The zero-order valence-corrected chi connectivity index (χ0v) is 14.3. The van der Waals surface area contributed by atoms with Crippen molar-refractivity contribution in [3.8, 4) is 0 Å². The van der Waals surface area contributed by atoms with Gasteiger partial charge in [0.05, 0.1) is 19.1 Å². The van der Waals surface area contributed by atoms with Crippen molar-refractivity contribution in [2.24, 2.45) is 0 Å². The molecular weight excluding hydrogens is 306 g/mol. The second kappa shape index (κ2) is 9.39. The molecule has 1 atom stereocenters. The number of aliphatic hydroxyl groups is 1. The summed E-state index contributed by atoms with van der Waals surface area (Å²) in [5, 5.41) is 12.0. The molecule has 1 heterocycles. The summed E-state index contributed by atoms with van der Waals surface area (Å²) in [4.78, 5) is 28.5. The Morgan fingerprint density at radius 3 is 2.75 bits per heavy atom. The second-order valence-corrected chi connectivity index (χ2v) is 6.07. The van der Waals surface area contributed by atoms with E-state index in [2.05, 4.69) is 10.2 Å². The van der Waals surface area contributed by atoms with Gasteiger partial charge in [0.25, 0.3) is 0 Å². The first kappa shape index (κ1) is 18.4. The van der Waals surface area contributed by atoms with Crippen LogP contribution in [0.1, 0.15) is 25.3 Å². The van der Waals surface area contributed by atoms with Crippen LogP contribution in [-0.4, -0.2) is 65.5 Å². The van der Waals surface area contributed by atoms with E-state index in [0.717, 1.165) is 18.5 Å². The molecule has 0 aromatic heterocycles. The van der Waals surface area contributed by atoms with Crippen molar-refractivity contribution in [3.05, 3.63) is 35.9 Å². The molecule has 6 nitrogen and oxygen atoms in total. The third-order valence-electron chi connectivity index (χ3n) is 4.25. The Kier molecular flexibility index (Phi) is 7.21. The average molecular weight is 333 g/mol. The van der Waals surface area contributed by atoms with Gasteiger partial charge in [-0.2, -0.15) is 0 Å². The largest absolute Gasteiger partial charge is 0.395 e. The first-order valence-corrected chi connectivity index (χ1v) is 8.60. The van der Waals surface area contributed by atoms with Gasteiger partial charge in [0, 0.05) is 32.7 Å². The van der Waals surface area contributed by atoms with Gasteiger partial charge in [-0.1, -0.05) is 37.3 Å². The van der Waals surface area contributed by atoms with Gasteiger partial charge in [-0.15, -0.1) is 0 Å². The van der Waals surface area contributed by atoms with E-state index in [4.69, 9.17) is 5.11 Å². The molecule has 2 rings (SSSR count). The molecule has 132 valence electrons. The fourth-order valence-corrected chi connectivity index (χ4v) is 3.04. The molecule has 1 aliphatic heterocycles. The van der Waals surface area contributed by atoms with Gasteiger partial charge in [-0.3, -0.25) is 14.5 Å². The van der Waals surface area contributed by atoms with E-state index in [1.54, 1.807) is 4.90 Å². The Morgan fingerprint density at radius 1 is 1.33 bits per heavy atom. The number of piperazine rings is 1. The number of carbonyl (C=O) groups excluding carboxylic acids is 2. The topological polar surface area (TPSA) is 72.9 Å². The zero-order valence-electron chi connectivity index (χ0n) is 14.3. The quantitative estimate of drug-likeness (QED) is 0.731. The van der Waals surface area contributed by atoms with E-state index in [0.29, 0.717) is 26.2 Å². The number of benzene rings is 1. The lowest BCUT2D eigenvalue weighted by Crippen LogP contribution is -2.56. The molecule has 0 bridgehead atoms.